The molecule has 0 aliphatic rings. The fraction of sp³-hybridized carbons (Fsp3) is 0. The molecule has 0 saturated heterocycles. The molecule has 21 heavy (non-hydrogen) atoms. The summed E-state index contributed by atoms with van der Waals surface area (Å²) >= 11 is 0. The van der Waals surface area contributed by atoms with Gasteiger partial charge in [0, 0.05) is 22.7 Å². The number of halogens is 5. The molecule has 0 amide bonds. The van der Waals surface area contributed by atoms with Gasteiger partial charge in [0.05, 0.1) is 5.56 Å². The van der Waals surface area contributed by atoms with E-state index in [2.05, 4.69) is 4.98 Å². The van der Waals surface area contributed by atoms with Gasteiger partial charge in [-0.3, -0.25) is 0 Å². The van der Waals surface area contributed by atoms with E-state index in [0.717, 1.165) is 6.07 Å². The minimum atomic E-state index is -2.24. The summed E-state index contributed by atoms with van der Waals surface area (Å²) in [6, 6.07) is 3.86. The zero-order chi connectivity index (χ0) is 15.3. The third kappa shape index (κ3) is 1.77. The first-order chi connectivity index (χ1) is 9.93. The molecular formula is C14H6F5NO. The van der Waals surface area contributed by atoms with E-state index in [1.54, 1.807) is 0 Å². The van der Waals surface area contributed by atoms with E-state index < -0.39 is 46.0 Å². The summed E-state index contributed by atoms with van der Waals surface area (Å²) < 4.78 is 67.0. The Balaban J connectivity index is 2.40. The zero-order valence-electron chi connectivity index (χ0n) is 10.1. The molecule has 0 aliphatic heterocycles. The lowest BCUT2D eigenvalue weighted by Crippen LogP contribution is -2.04. The Morgan fingerprint density at radius 1 is 0.762 bits per heavy atom. The van der Waals surface area contributed by atoms with Crippen LogP contribution < -0.4 is 0 Å². The number of H-pyrrole nitrogens is 1. The van der Waals surface area contributed by atoms with Crippen LogP contribution >= 0.6 is 0 Å². The molecule has 7 heteroatoms. The van der Waals surface area contributed by atoms with Gasteiger partial charge in [-0.1, -0.05) is 0 Å². The summed E-state index contributed by atoms with van der Waals surface area (Å²) in [5.74, 6) is -10.9. The second-order valence-corrected chi connectivity index (χ2v) is 4.35. The van der Waals surface area contributed by atoms with Crippen molar-refractivity contribution in [3.05, 3.63) is 53.5 Å². The quantitative estimate of drug-likeness (QED) is 0.393. The lowest BCUT2D eigenvalue weighted by atomic mass is 10.0. The zero-order valence-corrected chi connectivity index (χ0v) is 10.1. The van der Waals surface area contributed by atoms with E-state index in [1.807, 2.05) is 0 Å². The molecule has 0 radical (unpaired) electrons. The molecule has 2 aromatic carbocycles. The number of fused-ring (bicyclic) bond motifs is 1. The molecule has 0 atom stereocenters. The van der Waals surface area contributed by atoms with E-state index in [1.165, 1.54) is 18.3 Å². The minimum absolute atomic E-state index is 0.205. The van der Waals surface area contributed by atoms with Crippen LogP contribution in [0, 0.1) is 29.1 Å². The molecule has 0 unspecified atom stereocenters. The normalized spacial score (nSPS) is 11.3. The first kappa shape index (κ1) is 13.4. The van der Waals surface area contributed by atoms with Gasteiger partial charge in [0.2, 0.25) is 5.82 Å². The van der Waals surface area contributed by atoms with Crippen molar-refractivity contribution in [1.29, 1.82) is 0 Å². The fourth-order valence-corrected chi connectivity index (χ4v) is 2.16. The van der Waals surface area contributed by atoms with Crippen LogP contribution in [-0.2, 0) is 0 Å². The Labute approximate surface area is 114 Å². The smallest absolute Gasteiger partial charge is 0.200 e. The van der Waals surface area contributed by atoms with Gasteiger partial charge < -0.3 is 10.1 Å². The van der Waals surface area contributed by atoms with Crippen molar-refractivity contribution in [2.24, 2.45) is 0 Å². The van der Waals surface area contributed by atoms with Crippen molar-refractivity contribution in [1.82, 2.24) is 4.98 Å². The maximum Gasteiger partial charge on any atom is 0.200 e. The Bertz CT molecular complexity index is 842. The molecule has 3 aromatic rings. The summed E-state index contributed by atoms with van der Waals surface area (Å²) in [7, 11) is 0. The summed E-state index contributed by atoms with van der Waals surface area (Å²) in [6.45, 7) is 0. The highest BCUT2D eigenvalue weighted by Gasteiger charge is 2.28. The summed E-state index contributed by atoms with van der Waals surface area (Å²) in [6.07, 6.45) is 1.46. The number of hydrogen-bond acceptors (Lipinski definition) is 1. The Hall–Kier alpha value is -2.57. The molecule has 2 nitrogen and oxygen atoms in total. The lowest BCUT2D eigenvalue weighted by Gasteiger charge is -2.10. The SMILES string of the molecule is Oc1c(-c2c(F)c(F)c(F)c(F)c2F)ccc2[nH]ccc12. The van der Waals surface area contributed by atoms with Crippen molar-refractivity contribution in [3.8, 4) is 16.9 Å². The molecule has 1 heterocycles. The van der Waals surface area contributed by atoms with E-state index >= 15 is 0 Å². The third-order valence-electron chi connectivity index (χ3n) is 3.19. The number of nitrogens with one attached hydrogen (secondary N) is 1. The highest BCUT2D eigenvalue weighted by molar-refractivity contribution is 5.93. The van der Waals surface area contributed by atoms with Crippen LogP contribution in [0.3, 0.4) is 0 Å². The average Bonchev–Trinajstić information content (AvgIpc) is 2.95. The van der Waals surface area contributed by atoms with Crippen LogP contribution in [0.25, 0.3) is 22.0 Å². The highest BCUT2D eigenvalue weighted by atomic mass is 19.2. The number of aromatic hydroxyl groups is 1. The number of phenolic OH excluding ortho intramolecular Hbond substituents is 1. The molecule has 0 bridgehead atoms. The van der Waals surface area contributed by atoms with Crippen LogP contribution in [-0.4, -0.2) is 10.1 Å². The van der Waals surface area contributed by atoms with Crippen LogP contribution in [0.5, 0.6) is 5.75 Å². The van der Waals surface area contributed by atoms with Crippen LogP contribution in [0.15, 0.2) is 24.4 Å². The molecule has 0 aliphatic carbocycles. The number of benzene rings is 2. The molecule has 3 rings (SSSR count). The van der Waals surface area contributed by atoms with Gasteiger partial charge in [0.25, 0.3) is 0 Å². The number of rotatable bonds is 1. The standard InChI is InChI=1S/C14H6F5NO/c15-9-8(10(16)12(18)13(19)11(9)17)6-1-2-7-5(14(6)21)3-4-20-7/h1-4,20-21H. The van der Waals surface area contributed by atoms with Gasteiger partial charge in [0.1, 0.15) is 5.75 Å². The predicted octanol–water partition coefficient (Wildman–Crippen LogP) is 4.24. The van der Waals surface area contributed by atoms with Crippen LogP contribution in [0.1, 0.15) is 0 Å². The van der Waals surface area contributed by atoms with Gasteiger partial charge in [-0.25, -0.2) is 22.0 Å². The van der Waals surface area contributed by atoms with Crippen LogP contribution in [0.4, 0.5) is 22.0 Å². The first-order valence-electron chi connectivity index (χ1n) is 5.74. The van der Waals surface area contributed by atoms with E-state index in [0.29, 0.717) is 5.52 Å². The Morgan fingerprint density at radius 2 is 1.33 bits per heavy atom. The maximum absolute atomic E-state index is 13.8. The van der Waals surface area contributed by atoms with Crippen LogP contribution in [0.2, 0.25) is 0 Å². The number of hydrogen-bond donors (Lipinski definition) is 2. The average molecular weight is 299 g/mol. The molecule has 2 N–H and O–H groups in total. The highest BCUT2D eigenvalue weighted by Crippen LogP contribution is 2.39. The minimum Gasteiger partial charge on any atom is -0.507 e. The fourth-order valence-electron chi connectivity index (χ4n) is 2.16. The van der Waals surface area contributed by atoms with E-state index in [4.69, 9.17) is 0 Å². The lowest BCUT2D eigenvalue weighted by molar-refractivity contribution is 0.380. The van der Waals surface area contributed by atoms with Gasteiger partial charge >= 0.3 is 0 Å². The number of aromatic amines is 1. The second-order valence-electron chi connectivity index (χ2n) is 4.35. The van der Waals surface area contributed by atoms with E-state index in [9.17, 15) is 27.1 Å². The molecule has 0 fully saturated rings. The van der Waals surface area contributed by atoms with Gasteiger partial charge in [0.15, 0.2) is 23.3 Å². The van der Waals surface area contributed by atoms with Gasteiger partial charge in [-0.15, -0.1) is 0 Å². The van der Waals surface area contributed by atoms with Gasteiger partial charge in [-0.2, -0.15) is 0 Å². The maximum atomic E-state index is 13.8. The monoisotopic (exact) mass is 299 g/mol. The molecular weight excluding hydrogens is 293 g/mol. The Kier molecular flexibility index (Phi) is 2.86. The third-order valence-corrected chi connectivity index (χ3v) is 3.19. The molecule has 108 valence electrons. The number of phenols is 1. The van der Waals surface area contributed by atoms with Gasteiger partial charge in [-0.05, 0) is 18.2 Å². The predicted molar refractivity (Wildman–Crippen MR) is 65.2 cm³/mol. The summed E-state index contributed by atoms with van der Waals surface area (Å²) in [5, 5.41) is 10.2. The molecule has 0 spiro atoms. The van der Waals surface area contributed by atoms with Crippen molar-refractivity contribution in [2.75, 3.05) is 0 Å². The topological polar surface area (TPSA) is 36.0 Å². The van der Waals surface area contributed by atoms with E-state index in [-0.39, 0.29) is 5.39 Å². The first-order valence-corrected chi connectivity index (χ1v) is 5.74. The summed E-state index contributed by atoms with van der Waals surface area (Å²) in [5.41, 5.74) is -1.18. The Morgan fingerprint density at radius 3 is 1.95 bits per heavy atom. The molecule has 1 aromatic heterocycles. The van der Waals surface area contributed by atoms with Crippen molar-refractivity contribution in [2.45, 2.75) is 0 Å². The second kappa shape index (κ2) is 4.47. The van der Waals surface area contributed by atoms with Crippen molar-refractivity contribution < 1.29 is 27.1 Å². The van der Waals surface area contributed by atoms with Crippen molar-refractivity contribution in [3.63, 3.8) is 0 Å². The largest absolute Gasteiger partial charge is 0.507 e. The number of aromatic nitrogens is 1. The molecule has 0 saturated carbocycles. The van der Waals surface area contributed by atoms with Crippen molar-refractivity contribution >= 4 is 10.9 Å². The summed E-state index contributed by atoms with van der Waals surface area (Å²) in [4.78, 5) is 2.74.